The number of ketones is 1. The molecule has 2 bridgehead atoms. The molecular weight excluding hydrogens is 544 g/mol. The van der Waals surface area contributed by atoms with Gasteiger partial charge in [0.1, 0.15) is 5.75 Å². The number of Topliss-reactive ketones (excluding diaryl/α,β-unsaturated/α-hetero) is 1. The molecule has 2 aliphatic carbocycles. The lowest BCUT2D eigenvalue weighted by Crippen LogP contribution is -2.32. The average Bonchev–Trinajstić information content (AvgIpc) is 3.65. The number of esters is 1. The minimum Gasteiger partial charge on any atom is -0.507 e. The zero-order valence-corrected chi connectivity index (χ0v) is 23.6. The van der Waals surface area contributed by atoms with Gasteiger partial charge in [-0.1, -0.05) is 54.1 Å². The number of nitrogens with zero attached hydrogens (tertiary/aromatic N) is 2. The number of carbonyl (C=O) groups excluding carboxylic acids is 4. The first-order valence-corrected chi connectivity index (χ1v) is 14.3. The summed E-state index contributed by atoms with van der Waals surface area (Å²) < 4.78 is 5.40. The Hall–Kier alpha value is -5.11. The molecule has 8 heteroatoms. The number of hydrogen-bond acceptors (Lipinski definition) is 7. The van der Waals surface area contributed by atoms with Crippen molar-refractivity contribution in [3.63, 3.8) is 0 Å². The second kappa shape index (κ2) is 10.0. The third-order valence-electron chi connectivity index (χ3n) is 9.10. The molecule has 1 aromatic heterocycles. The Morgan fingerprint density at radius 2 is 1.67 bits per heavy atom. The maximum Gasteiger partial charge on any atom is 0.339 e. The Balaban J connectivity index is 1.17. The van der Waals surface area contributed by atoms with Gasteiger partial charge in [0, 0.05) is 10.9 Å². The van der Waals surface area contributed by atoms with Crippen LogP contribution in [0.2, 0.25) is 0 Å². The Labute approximate surface area is 247 Å². The van der Waals surface area contributed by atoms with Crippen LogP contribution >= 0.6 is 0 Å². The molecule has 4 unspecified atom stereocenters. The van der Waals surface area contributed by atoms with E-state index in [1.54, 1.807) is 48.5 Å². The molecule has 0 spiro atoms. The number of rotatable bonds is 6. The number of aromatic nitrogens is 1. The first kappa shape index (κ1) is 26.8. The van der Waals surface area contributed by atoms with Crippen LogP contribution in [0.1, 0.15) is 39.6 Å². The van der Waals surface area contributed by atoms with Gasteiger partial charge in [-0.2, -0.15) is 0 Å². The van der Waals surface area contributed by atoms with Crippen LogP contribution in [0.5, 0.6) is 5.75 Å². The van der Waals surface area contributed by atoms with Crippen LogP contribution in [-0.2, 0) is 14.3 Å². The van der Waals surface area contributed by atoms with Crippen molar-refractivity contribution in [3.05, 3.63) is 101 Å². The number of phenols is 1. The van der Waals surface area contributed by atoms with Crippen LogP contribution in [0.25, 0.3) is 22.2 Å². The van der Waals surface area contributed by atoms with Crippen molar-refractivity contribution in [3.8, 4) is 17.0 Å². The third-order valence-corrected chi connectivity index (χ3v) is 9.10. The van der Waals surface area contributed by atoms with Crippen molar-refractivity contribution in [1.82, 2.24) is 4.98 Å². The predicted molar refractivity (Wildman–Crippen MR) is 159 cm³/mol. The summed E-state index contributed by atoms with van der Waals surface area (Å²) in [5.74, 6) is -1.95. The third kappa shape index (κ3) is 4.24. The molecule has 214 valence electrons. The standard InChI is InChI=1S/C35H28N2O6/c1-18-6-5-8-23-26(35(42)43-17-29(39)24-7-3-4-9-28(24)38)16-27(36-32(18)23)20-10-12-22(13-11-20)37-33(40)30-21-14-19(2)25(15-21)31(30)34(37)41/h3-14,16,21,25,30-31,38H,15,17H2,1-2H3. The maximum atomic E-state index is 13.4. The molecule has 4 aromatic rings. The molecule has 7 rings (SSSR count). The summed E-state index contributed by atoms with van der Waals surface area (Å²) in [6, 6.07) is 20.2. The van der Waals surface area contributed by atoms with E-state index in [-0.39, 0.29) is 52.4 Å². The van der Waals surface area contributed by atoms with Crippen LogP contribution in [0.15, 0.2) is 84.4 Å². The van der Waals surface area contributed by atoms with Crippen LogP contribution in [0.3, 0.4) is 0 Å². The summed E-state index contributed by atoms with van der Waals surface area (Å²) >= 11 is 0. The number of carbonyl (C=O) groups is 4. The number of fused-ring (bicyclic) bond motifs is 6. The summed E-state index contributed by atoms with van der Waals surface area (Å²) in [4.78, 5) is 58.8. The normalized spacial score (nSPS) is 22.2. The fourth-order valence-corrected chi connectivity index (χ4v) is 7.01. The zero-order valence-electron chi connectivity index (χ0n) is 23.6. The number of hydrogen-bond donors (Lipinski definition) is 1. The van der Waals surface area contributed by atoms with Crippen LogP contribution < -0.4 is 4.90 Å². The molecule has 1 aliphatic heterocycles. The molecule has 8 nitrogen and oxygen atoms in total. The lowest BCUT2D eigenvalue weighted by atomic mass is 9.82. The largest absolute Gasteiger partial charge is 0.507 e. The Bertz CT molecular complexity index is 1890. The van der Waals surface area contributed by atoms with E-state index in [0.717, 1.165) is 12.0 Å². The SMILES string of the molecule is CC1=CC2CC1C1C(=O)N(c3ccc(-c4cc(C(=O)OCC(=O)c5ccccc5O)c5cccc(C)c5n4)cc3)C(=O)C21. The molecule has 4 atom stereocenters. The number of amides is 2. The summed E-state index contributed by atoms with van der Waals surface area (Å²) in [7, 11) is 0. The highest BCUT2D eigenvalue weighted by Gasteiger charge is 2.60. The van der Waals surface area contributed by atoms with Gasteiger partial charge in [-0.05, 0) is 68.0 Å². The second-order valence-electron chi connectivity index (χ2n) is 11.6. The lowest BCUT2D eigenvalue weighted by Gasteiger charge is -2.19. The number of imide groups is 1. The molecule has 0 radical (unpaired) electrons. The van der Waals surface area contributed by atoms with Gasteiger partial charge in [-0.15, -0.1) is 0 Å². The number of para-hydroxylation sites is 2. The molecule has 2 fully saturated rings. The minimum absolute atomic E-state index is 0.0733. The van der Waals surface area contributed by atoms with Gasteiger partial charge in [0.15, 0.2) is 6.61 Å². The molecule has 3 aliphatic rings. The highest BCUT2D eigenvalue weighted by Crippen LogP contribution is 2.56. The van der Waals surface area contributed by atoms with E-state index in [4.69, 9.17) is 9.72 Å². The summed E-state index contributed by atoms with van der Waals surface area (Å²) in [6.07, 6.45) is 3.03. The molecule has 1 N–H and O–H groups in total. The Kier molecular flexibility index (Phi) is 6.23. The fraction of sp³-hybridized carbons (Fsp3) is 0.229. The number of allylic oxidation sites excluding steroid dienone is 2. The Morgan fingerprint density at radius 3 is 2.44 bits per heavy atom. The van der Waals surface area contributed by atoms with Gasteiger partial charge in [-0.25, -0.2) is 9.78 Å². The van der Waals surface area contributed by atoms with Crippen molar-refractivity contribution in [2.24, 2.45) is 23.7 Å². The smallest absolute Gasteiger partial charge is 0.339 e. The summed E-state index contributed by atoms with van der Waals surface area (Å²) in [5, 5.41) is 10.6. The van der Waals surface area contributed by atoms with Crippen LogP contribution in [0.4, 0.5) is 5.69 Å². The minimum atomic E-state index is -0.696. The van der Waals surface area contributed by atoms with E-state index >= 15 is 0 Å². The first-order valence-electron chi connectivity index (χ1n) is 14.3. The Morgan fingerprint density at radius 1 is 0.930 bits per heavy atom. The maximum absolute atomic E-state index is 13.4. The number of benzene rings is 3. The summed E-state index contributed by atoms with van der Waals surface area (Å²) in [5.41, 5.74) is 4.70. The van der Waals surface area contributed by atoms with Gasteiger partial charge in [0.25, 0.3) is 0 Å². The predicted octanol–water partition coefficient (Wildman–Crippen LogP) is 5.66. The highest BCUT2D eigenvalue weighted by molar-refractivity contribution is 6.23. The number of aromatic hydroxyl groups is 1. The quantitative estimate of drug-likeness (QED) is 0.137. The lowest BCUT2D eigenvalue weighted by molar-refractivity contribution is -0.123. The number of anilines is 1. The fourth-order valence-electron chi connectivity index (χ4n) is 7.01. The molecule has 1 saturated carbocycles. The van der Waals surface area contributed by atoms with Gasteiger partial charge >= 0.3 is 5.97 Å². The monoisotopic (exact) mass is 572 g/mol. The van der Waals surface area contributed by atoms with Crippen molar-refractivity contribution in [2.45, 2.75) is 20.3 Å². The highest BCUT2D eigenvalue weighted by atomic mass is 16.5. The molecule has 1 saturated heterocycles. The summed E-state index contributed by atoms with van der Waals surface area (Å²) in [6.45, 7) is 3.40. The van der Waals surface area contributed by atoms with Gasteiger partial charge in [0.05, 0.1) is 39.9 Å². The topological polar surface area (TPSA) is 114 Å². The number of pyridine rings is 1. The average molecular weight is 573 g/mol. The van der Waals surface area contributed by atoms with Gasteiger partial charge in [0.2, 0.25) is 17.6 Å². The number of aryl methyl sites for hydroxylation is 1. The van der Waals surface area contributed by atoms with Crippen molar-refractivity contribution >= 4 is 40.2 Å². The second-order valence-corrected chi connectivity index (χ2v) is 11.6. The van der Waals surface area contributed by atoms with Gasteiger partial charge < -0.3 is 9.84 Å². The molecule has 2 heterocycles. The number of ether oxygens (including phenoxy) is 1. The van der Waals surface area contributed by atoms with Gasteiger partial charge in [-0.3, -0.25) is 19.3 Å². The van der Waals surface area contributed by atoms with Crippen molar-refractivity contribution < 1.29 is 29.0 Å². The van der Waals surface area contributed by atoms with E-state index < -0.39 is 18.4 Å². The van der Waals surface area contributed by atoms with Crippen molar-refractivity contribution in [1.29, 1.82) is 0 Å². The molecular formula is C35H28N2O6. The van der Waals surface area contributed by atoms with E-state index in [9.17, 15) is 24.3 Å². The molecule has 3 aromatic carbocycles. The first-order chi connectivity index (χ1) is 20.7. The molecule has 2 amide bonds. The van der Waals surface area contributed by atoms with Crippen LogP contribution in [0, 0.1) is 30.6 Å². The van der Waals surface area contributed by atoms with Crippen molar-refractivity contribution in [2.75, 3.05) is 11.5 Å². The number of phenolic OH excluding ortho intramolecular Hbond substituents is 1. The molecule has 43 heavy (non-hydrogen) atoms. The van der Waals surface area contributed by atoms with E-state index in [1.165, 1.54) is 22.6 Å². The van der Waals surface area contributed by atoms with E-state index in [1.807, 2.05) is 26.0 Å². The zero-order chi connectivity index (χ0) is 30.0. The van der Waals surface area contributed by atoms with E-state index in [0.29, 0.717) is 27.8 Å². The van der Waals surface area contributed by atoms with E-state index in [2.05, 4.69) is 6.08 Å². The van der Waals surface area contributed by atoms with Crippen LogP contribution in [-0.4, -0.2) is 40.3 Å².